The maximum Gasteiger partial charge on any atom is 0.254 e. The molecule has 1 aromatic heterocycles. The number of rotatable bonds is 6. The third-order valence-corrected chi connectivity index (χ3v) is 4.53. The van der Waals surface area contributed by atoms with Gasteiger partial charge >= 0.3 is 0 Å². The van der Waals surface area contributed by atoms with E-state index in [1.165, 1.54) is 0 Å². The number of ether oxygens (including phenoxy) is 1. The molecule has 0 saturated carbocycles. The topological polar surface area (TPSA) is 87.9 Å². The first-order chi connectivity index (χ1) is 13.0. The van der Waals surface area contributed by atoms with Gasteiger partial charge in [0, 0.05) is 50.8 Å². The Hall–Kier alpha value is -2.87. The number of piperazine rings is 1. The lowest BCUT2D eigenvalue weighted by molar-refractivity contribution is -0.116. The van der Waals surface area contributed by atoms with Crippen molar-refractivity contribution in [3.8, 4) is 5.75 Å². The molecule has 1 aliphatic rings. The van der Waals surface area contributed by atoms with Crippen molar-refractivity contribution in [2.24, 2.45) is 0 Å². The zero-order chi connectivity index (χ0) is 19.2. The van der Waals surface area contributed by atoms with E-state index >= 15 is 0 Å². The maximum atomic E-state index is 12.6. The van der Waals surface area contributed by atoms with E-state index in [9.17, 15) is 9.59 Å². The number of aromatic nitrogens is 1. The molecule has 0 radical (unpaired) electrons. The van der Waals surface area contributed by atoms with Gasteiger partial charge in [0.05, 0.1) is 7.11 Å². The van der Waals surface area contributed by atoms with Crippen molar-refractivity contribution in [2.75, 3.05) is 45.2 Å². The summed E-state index contributed by atoms with van der Waals surface area (Å²) in [5, 5.41) is 6.46. The van der Waals surface area contributed by atoms with Crippen molar-refractivity contribution in [3.05, 3.63) is 41.7 Å². The molecule has 8 heteroatoms. The lowest BCUT2D eigenvalue weighted by atomic mass is 10.1. The van der Waals surface area contributed by atoms with Crippen LogP contribution in [0, 0.1) is 6.92 Å². The highest BCUT2D eigenvalue weighted by atomic mass is 16.5. The monoisotopic (exact) mass is 372 g/mol. The molecule has 1 aliphatic heterocycles. The second-order valence-electron chi connectivity index (χ2n) is 6.49. The average molecular weight is 372 g/mol. The standard InChI is InChI=1S/C19H24N4O4/c1-14-12-17(21-27-14)20-18(24)6-7-22-8-10-23(11-9-22)19(25)15-4-3-5-16(13-15)26-2/h3-5,12-13H,6-11H2,1-2H3,(H,20,21,24). The first-order valence-corrected chi connectivity index (χ1v) is 8.94. The summed E-state index contributed by atoms with van der Waals surface area (Å²) in [5.74, 6) is 1.67. The van der Waals surface area contributed by atoms with E-state index in [4.69, 9.17) is 9.26 Å². The Bertz CT molecular complexity index is 797. The lowest BCUT2D eigenvalue weighted by Crippen LogP contribution is -2.49. The summed E-state index contributed by atoms with van der Waals surface area (Å²) < 4.78 is 10.1. The fourth-order valence-corrected chi connectivity index (χ4v) is 3.00. The van der Waals surface area contributed by atoms with Gasteiger partial charge in [0.25, 0.3) is 5.91 Å². The number of carbonyl (C=O) groups excluding carboxylic acids is 2. The second kappa shape index (κ2) is 8.68. The van der Waals surface area contributed by atoms with Crippen molar-refractivity contribution < 1.29 is 18.8 Å². The predicted molar refractivity (Wildman–Crippen MR) is 99.8 cm³/mol. The Kier molecular flexibility index (Phi) is 6.08. The Labute approximate surface area is 158 Å². The van der Waals surface area contributed by atoms with Gasteiger partial charge in [-0.15, -0.1) is 0 Å². The molecular weight excluding hydrogens is 348 g/mol. The SMILES string of the molecule is COc1cccc(C(=O)N2CCN(CCC(=O)Nc3cc(C)on3)CC2)c1. The van der Waals surface area contributed by atoms with Crippen LogP contribution in [0.2, 0.25) is 0 Å². The molecule has 1 fully saturated rings. The fourth-order valence-electron chi connectivity index (χ4n) is 3.00. The number of anilines is 1. The van der Waals surface area contributed by atoms with Crippen LogP contribution in [0.4, 0.5) is 5.82 Å². The minimum Gasteiger partial charge on any atom is -0.497 e. The smallest absolute Gasteiger partial charge is 0.254 e. The first-order valence-electron chi connectivity index (χ1n) is 8.94. The van der Waals surface area contributed by atoms with Gasteiger partial charge in [0.2, 0.25) is 5.91 Å². The summed E-state index contributed by atoms with van der Waals surface area (Å²) in [5.41, 5.74) is 0.630. The number of aryl methyl sites for hydroxylation is 1. The maximum absolute atomic E-state index is 12.6. The van der Waals surface area contributed by atoms with E-state index in [-0.39, 0.29) is 11.8 Å². The largest absolute Gasteiger partial charge is 0.497 e. The molecule has 0 spiro atoms. The number of methoxy groups -OCH3 is 1. The van der Waals surface area contributed by atoms with Crippen LogP contribution in [-0.4, -0.2) is 66.6 Å². The molecular formula is C19H24N4O4. The first kappa shape index (κ1) is 18.9. The van der Waals surface area contributed by atoms with E-state index in [0.717, 1.165) is 13.1 Å². The van der Waals surface area contributed by atoms with E-state index < -0.39 is 0 Å². The summed E-state index contributed by atoms with van der Waals surface area (Å²) in [6, 6.07) is 8.87. The van der Waals surface area contributed by atoms with Gasteiger partial charge in [0.1, 0.15) is 11.5 Å². The number of hydrogen-bond donors (Lipinski definition) is 1. The zero-order valence-electron chi connectivity index (χ0n) is 15.6. The number of carbonyl (C=O) groups is 2. The van der Waals surface area contributed by atoms with Crippen molar-refractivity contribution in [2.45, 2.75) is 13.3 Å². The highest BCUT2D eigenvalue weighted by Crippen LogP contribution is 2.15. The van der Waals surface area contributed by atoms with Gasteiger partial charge in [-0.2, -0.15) is 0 Å². The summed E-state index contributed by atoms with van der Waals surface area (Å²) in [4.78, 5) is 28.6. The Morgan fingerprint density at radius 2 is 2.00 bits per heavy atom. The van der Waals surface area contributed by atoms with Crippen LogP contribution >= 0.6 is 0 Å². The molecule has 2 aromatic rings. The molecule has 8 nitrogen and oxygen atoms in total. The molecule has 0 unspecified atom stereocenters. The molecule has 0 aliphatic carbocycles. The van der Waals surface area contributed by atoms with Crippen molar-refractivity contribution in [1.82, 2.24) is 15.0 Å². The zero-order valence-corrected chi connectivity index (χ0v) is 15.6. The quantitative estimate of drug-likeness (QED) is 0.832. The number of benzene rings is 1. The molecule has 2 heterocycles. The van der Waals surface area contributed by atoms with Crippen LogP contribution in [0.15, 0.2) is 34.9 Å². The molecule has 1 aromatic carbocycles. The molecule has 0 bridgehead atoms. The van der Waals surface area contributed by atoms with Crippen LogP contribution in [0.25, 0.3) is 0 Å². The predicted octanol–water partition coefficient (Wildman–Crippen LogP) is 1.78. The van der Waals surface area contributed by atoms with Crippen LogP contribution < -0.4 is 10.1 Å². The van der Waals surface area contributed by atoms with Crippen molar-refractivity contribution in [1.29, 1.82) is 0 Å². The van der Waals surface area contributed by atoms with Crippen LogP contribution in [0.1, 0.15) is 22.5 Å². The normalized spacial score (nSPS) is 14.8. The molecule has 27 heavy (non-hydrogen) atoms. The van der Waals surface area contributed by atoms with Crippen molar-refractivity contribution >= 4 is 17.6 Å². The van der Waals surface area contributed by atoms with Gasteiger partial charge in [-0.1, -0.05) is 11.2 Å². The van der Waals surface area contributed by atoms with E-state index in [1.807, 2.05) is 17.0 Å². The lowest BCUT2D eigenvalue weighted by Gasteiger charge is -2.34. The highest BCUT2D eigenvalue weighted by molar-refractivity contribution is 5.94. The molecule has 1 N–H and O–H groups in total. The number of amides is 2. The van der Waals surface area contributed by atoms with Gasteiger partial charge < -0.3 is 19.5 Å². The van der Waals surface area contributed by atoms with Gasteiger partial charge in [0.15, 0.2) is 5.82 Å². The second-order valence-corrected chi connectivity index (χ2v) is 6.49. The van der Waals surface area contributed by atoms with Crippen LogP contribution in [-0.2, 0) is 4.79 Å². The minimum absolute atomic E-state index is 0.00713. The number of hydrogen-bond acceptors (Lipinski definition) is 6. The number of nitrogens with one attached hydrogen (secondary N) is 1. The van der Waals surface area contributed by atoms with Gasteiger partial charge in [-0.05, 0) is 25.1 Å². The molecule has 3 rings (SSSR count). The van der Waals surface area contributed by atoms with E-state index in [1.54, 1.807) is 32.2 Å². The molecule has 1 saturated heterocycles. The third kappa shape index (κ3) is 5.07. The highest BCUT2D eigenvalue weighted by Gasteiger charge is 2.22. The fraction of sp³-hybridized carbons (Fsp3) is 0.421. The number of nitrogens with zero attached hydrogens (tertiary/aromatic N) is 3. The summed E-state index contributed by atoms with van der Waals surface area (Å²) in [6.45, 7) is 5.18. The van der Waals surface area contributed by atoms with Crippen LogP contribution in [0.3, 0.4) is 0 Å². The van der Waals surface area contributed by atoms with Crippen LogP contribution in [0.5, 0.6) is 5.75 Å². The summed E-state index contributed by atoms with van der Waals surface area (Å²) >= 11 is 0. The Morgan fingerprint density at radius 1 is 1.22 bits per heavy atom. The minimum atomic E-state index is -0.0989. The Morgan fingerprint density at radius 3 is 2.67 bits per heavy atom. The Balaban J connectivity index is 1.43. The molecule has 0 atom stereocenters. The van der Waals surface area contributed by atoms with Gasteiger partial charge in [-0.25, -0.2) is 0 Å². The average Bonchev–Trinajstić information content (AvgIpc) is 3.10. The third-order valence-electron chi connectivity index (χ3n) is 4.53. The van der Waals surface area contributed by atoms with E-state index in [2.05, 4.69) is 15.4 Å². The van der Waals surface area contributed by atoms with Crippen molar-refractivity contribution in [3.63, 3.8) is 0 Å². The molecule has 144 valence electrons. The molecule has 2 amide bonds. The van der Waals surface area contributed by atoms with E-state index in [0.29, 0.717) is 48.9 Å². The summed E-state index contributed by atoms with van der Waals surface area (Å²) in [7, 11) is 1.59. The summed E-state index contributed by atoms with van der Waals surface area (Å²) in [6.07, 6.45) is 0.371. The van der Waals surface area contributed by atoms with Gasteiger partial charge in [-0.3, -0.25) is 14.5 Å².